The molecule has 4 heterocycles. The van der Waals surface area contributed by atoms with Gasteiger partial charge in [-0.3, -0.25) is 9.97 Å². The summed E-state index contributed by atoms with van der Waals surface area (Å²) in [5.74, 6) is 0. The van der Waals surface area contributed by atoms with Gasteiger partial charge in [-0.1, -0.05) is 60.7 Å². The number of hydrogen-bond acceptors (Lipinski definition) is 2. The Morgan fingerprint density at radius 3 is 1.31 bits per heavy atom. The van der Waals surface area contributed by atoms with Crippen LogP contribution < -0.4 is 0 Å². The number of nitrogens with zero attached hydrogens (tertiary/aromatic N) is 2. The maximum Gasteiger partial charge on any atom is 0.0723 e. The van der Waals surface area contributed by atoms with Gasteiger partial charge in [0.1, 0.15) is 0 Å². The normalized spacial score (nSPS) is 11.8. The van der Waals surface area contributed by atoms with Gasteiger partial charge >= 0.3 is 0 Å². The molecule has 0 aliphatic heterocycles. The molecule has 4 heteroatoms. The van der Waals surface area contributed by atoms with Crippen molar-refractivity contribution in [1.29, 1.82) is 0 Å². The second kappa shape index (κ2) is 6.53. The molecule has 0 amide bonds. The fraction of sp³-hybridized carbons (Fsp3) is 0. The van der Waals surface area contributed by atoms with E-state index in [2.05, 4.69) is 80.6 Å². The summed E-state index contributed by atoms with van der Waals surface area (Å²) in [7, 11) is 0. The molecule has 0 unspecified atom stereocenters. The number of rotatable bonds is 2. The van der Waals surface area contributed by atoms with Gasteiger partial charge < -0.3 is 9.97 Å². The van der Waals surface area contributed by atoms with E-state index in [-0.39, 0.29) is 0 Å². The van der Waals surface area contributed by atoms with Crippen molar-refractivity contribution in [2.24, 2.45) is 0 Å². The Bertz CT molecular complexity index is 1630. The summed E-state index contributed by atoms with van der Waals surface area (Å²) in [6.45, 7) is 0. The Morgan fingerprint density at radius 1 is 0.406 bits per heavy atom. The molecular formula is C28H18N4. The van der Waals surface area contributed by atoms with E-state index >= 15 is 0 Å². The fourth-order valence-electron chi connectivity index (χ4n) is 4.86. The molecule has 32 heavy (non-hydrogen) atoms. The van der Waals surface area contributed by atoms with E-state index in [1.165, 1.54) is 21.5 Å². The van der Waals surface area contributed by atoms with E-state index in [0.717, 1.165) is 44.6 Å². The van der Waals surface area contributed by atoms with Crippen molar-refractivity contribution in [2.45, 2.75) is 0 Å². The van der Waals surface area contributed by atoms with Gasteiger partial charge in [-0.2, -0.15) is 0 Å². The lowest BCUT2D eigenvalue weighted by atomic mass is 10.0. The van der Waals surface area contributed by atoms with E-state index in [9.17, 15) is 0 Å². The number of aromatic nitrogens is 4. The molecule has 0 fully saturated rings. The fourth-order valence-corrected chi connectivity index (χ4v) is 4.86. The van der Waals surface area contributed by atoms with Crippen LogP contribution in [-0.4, -0.2) is 19.9 Å². The number of para-hydroxylation sites is 2. The lowest BCUT2D eigenvalue weighted by molar-refractivity contribution is 1.33. The quantitative estimate of drug-likeness (QED) is 0.320. The van der Waals surface area contributed by atoms with Gasteiger partial charge in [0.15, 0.2) is 0 Å². The Labute approximate surface area is 183 Å². The lowest BCUT2D eigenvalue weighted by Crippen LogP contribution is -1.83. The van der Waals surface area contributed by atoms with Gasteiger partial charge in [-0.15, -0.1) is 0 Å². The number of aromatic amines is 2. The summed E-state index contributed by atoms with van der Waals surface area (Å²) >= 11 is 0. The smallest absolute Gasteiger partial charge is 0.0723 e. The van der Waals surface area contributed by atoms with Crippen LogP contribution in [0.4, 0.5) is 0 Å². The molecule has 0 spiro atoms. The van der Waals surface area contributed by atoms with Crippen LogP contribution in [0.15, 0.2) is 97.3 Å². The highest BCUT2D eigenvalue weighted by molar-refractivity contribution is 6.23. The minimum absolute atomic E-state index is 0.968. The third kappa shape index (κ3) is 2.38. The molecule has 2 N–H and O–H groups in total. The molecule has 4 aromatic heterocycles. The molecular weight excluding hydrogens is 392 g/mol. The molecule has 3 aromatic carbocycles. The second-order valence-corrected chi connectivity index (χ2v) is 8.05. The van der Waals surface area contributed by atoms with Crippen molar-refractivity contribution in [1.82, 2.24) is 19.9 Å². The van der Waals surface area contributed by atoms with Gasteiger partial charge in [0.05, 0.1) is 33.5 Å². The molecule has 0 aliphatic carbocycles. The first-order valence-corrected chi connectivity index (χ1v) is 10.7. The average molecular weight is 410 g/mol. The van der Waals surface area contributed by atoms with Crippen LogP contribution >= 0.6 is 0 Å². The zero-order chi connectivity index (χ0) is 21.1. The van der Waals surface area contributed by atoms with Crippen LogP contribution in [0.5, 0.6) is 0 Å². The highest BCUT2D eigenvalue weighted by atomic mass is 14.8. The summed E-state index contributed by atoms with van der Waals surface area (Å²) in [4.78, 5) is 16.6. The zero-order valence-corrected chi connectivity index (χ0v) is 17.1. The maximum atomic E-state index is 4.58. The number of pyridine rings is 2. The molecule has 4 nitrogen and oxygen atoms in total. The predicted molar refractivity (Wildman–Crippen MR) is 132 cm³/mol. The average Bonchev–Trinajstić information content (AvgIpc) is 3.43. The topological polar surface area (TPSA) is 57.4 Å². The van der Waals surface area contributed by atoms with Crippen LogP contribution in [-0.2, 0) is 0 Å². The van der Waals surface area contributed by atoms with Gasteiger partial charge in [0.2, 0.25) is 0 Å². The predicted octanol–water partition coefficient (Wildman–Crippen LogP) is 7.08. The molecule has 0 saturated carbocycles. The molecule has 0 radical (unpaired) electrons. The van der Waals surface area contributed by atoms with Gasteiger partial charge in [-0.05, 0) is 24.3 Å². The molecule has 7 aromatic rings. The van der Waals surface area contributed by atoms with E-state index in [4.69, 9.17) is 0 Å². The van der Waals surface area contributed by atoms with Crippen molar-refractivity contribution in [3.05, 3.63) is 97.3 Å². The van der Waals surface area contributed by atoms with Crippen LogP contribution in [0.2, 0.25) is 0 Å². The van der Waals surface area contributed by atoms with E-state index in [1.807, 2.05) is 36.7 Å². The van der Waals surface area contributed by atoms with E-state index in [0.29, 0.717) is 0 Å². The lowest BCUT2D eigenvalue weighted by Gasteiger charge is -2.02. The molecule has 0 bridgehead atoms. The summed E-state index contributed by atoms with van der Waals surface area (Å²) in [5, 5.41) is 4.81. The Kier molecular flexibility index (Phi) is 3.52. The Balaban J connectivity index is 1.57. The molecule has 7 rings (SSSR count). The van der Waals surface area contributed by atoms with Crippen molar-refractivity contribution in [3.8, 4) is 22.5 Å². The van der Waals surface area contributed by atoms with Gasteiger partial charge in [0, 0.05) is 45.1 Å². The van der Waals surface area contributed by atoms with Crippen LogP contribution in [0.3, 0.4) is 0 Å². The first-order valence-electron chi connectivity index (χ1n) is 10.7. The summed E-state index contributed by atoms with van der Waals surface area (Å²) < 4.78 is 0. The SMILES string of the molecule is c1ccc(-c2cccc3c2[nH]c2c3ccc3c4cccc(-c5ccccn5)c4[nH]c32)nc1. The summed E-state index contributed by atoms with van der Waals surface area (Å²) in [6.07, 6.45) is 3.68. The largest absolute Gasteiger partial charge is 0.352 e. The molecule has 150 valence electrons. The third-order valence-electron chi connectivity index (χ3n) is 6.30. The third-order valence-corrected chi connectivity index (χ3v) is 6.30. The highest BCUT2D eigenvalue weighted by Crippen LogP contribution is 2.39. The van der Waals surface area contributed by atoms with E-state index in [1.54, 1.807) is 0 Å². The van der Waals surface area contributed by atoms with Crippen molar-refractivity contribution < 1.29 is 0 Å². The van der Waals surface area contributed by atoms with Crippen molar-refractivity contribution in [3.63, 3.8) is 0 Å². The Morgan fingerprint density at radius 2 is 0.875 bits per heavy atom. The molecule has 0 atom stereocenters. The van der Waals surface area contributed by atoms with Crippen LogP contribution in [0.25, 0.3) is 66.1 Å². The monoisotopic (exact) mass is 410 g/mol. The summed E-state index contributed by atoms with van der Waals surface area (Å²) in [5.41, 5.74) is 8.60. The first-order chi connectivity index (χ1) is 15.9. The standard InChI is InChI=1S/C28H18N4/c1-3-15-29-23(11-1)21-9-5-7-17-19-13-14-20-18-8-6-10-22(24-12-2-4-16-30-24)26(18)32-28(20)27(19)31-25(17)21/h1-16,31-32H. The minimum atomic E-state index is 0.968. The summed E-state index contributed by atoms with van der Waals surface area (Å²) in [6, 6.07) is 29.3. The van der Waals surface area contributed by atoms with Crippen LogP contribution in [0.1, 0.15) is 0 Å². The minimum Gasteiger partial charge on any atom is -0.352 e. The number of hydrogen-bond donors (Lipinski definition) is 2. The van der Waals surface area contributed by atoms with Gasteiger partial charge in [0.25, 0.3) is 0 Å². The zero-order valence-electron chi connectivity index (χ0n) is 17.1. The first kappa shape index (κ1) is 17.3. The van der Waals surface area contributed by atoms with Gasteiger partial charge in [-0.25, -0.2) is 0 Å². The number of nitrogens with one attached hydrogen (secondary N) is 2. The van der Waals surface area contributed by atoms with Crippen molar-refractivity contribution in [2.75, 3.05) is 0 Å². The van der Waals surface area contributed by atoms with E-state index < -0.39 is 0 Å². The highest BCUT2D eigenvalue weighted by Gasteiger charge is 2.16. The second-order valence-electron chi connectivity index (χ2n) is 8.05. The molecule has 0 aliphatic rings. The van der Waals surface area contributed by atoms with Crippen molar-refractivity contribution >= 4 is 43.6 Å². The maximum absolute atomic E-state index is 4.58. The number of H-pyrrole nitrogens is 2. The number of benzene rings is 3. The van der Waals surface area contributed by atoms with Crippen LogP contribution in [0, 0.1) is 0 Å². The Hall–Kier alpha value is -4.44. The number of fused-ring (bicyclic) bond motifs is 7. The molecule has 0 saturated heterocycles.